The van der Waals surface area contributed by atoms with E-state index in [1.165, 1.54) is 25.7 Å². The van der Waals surface area contributed by atoms with Gasteiger partial charge in [0.1, 0.15) is 0 Å². The van der Waals surface area contributed by atoms with Crippen LogP contribution in [-0.4, -0.2) is 16.3 Å². The van der Waals surface area contributed by atoms with Gasteiger partial charge in [0.15, 0.2) is 6.10 Å². The third-order valence-corrected chi connectivity index (χ3v) is 5.82. The van der Waals surface area contributed by atoms with Crippen LogP contribution in [0.5, 0.6) is 0 Å². The Balaban J connectivity index is 1.88. The molecule has 0 spiro atoms. The predicted octanol–water partition coefficient (Wildman–Crippen LogP) is 3.47. The number of carbonyl (C=O) groups is 1. The molecular weight excluding hydrogens is 314 g/mol. The highest BCUT2D eigenvalue weighted by atomic mass is 79.9. The van der Waals surface area contributed by atoms with E-state index in [9.17, 15) is 9.90 Å². The molecule has 2 aliphatic rings. The van der Waals surface area contributed by atoms with E-state index in [1.807, 2.05) is 23.9 Å². The summed E-state index contributed by atoms with van der Waals surface area (Å²) in [7, 11) is 0. The Bertz CT molecular complexity index is 500. The van der Waals surface area contributed by atoms with Crippen molar-refractivity contribution in [1.29, 1.82) is 0 Å². The number of benzene rings is 1. The molecule has 0 saturated heterocycles. The first-order valence-electron chi connectivity index (χ1n) is 6.14. The molecule has 3 nitrogen and oxygen atoms in total. The molecule has 1 aromatic rings. The molecule has 0 radical (unpaired) electrons. The lowest BCUT2D eigenvalue weighted by atomic mass is 10.1. The van der Waals surface area contributed by atoms with E-state index in [-0.39, 0.29) is 5.91 Å². The highest BCUT2D eigenvalue weighted by Crippen LogP contribution is 2.42. The summed E-state index contributed by atoms with van der Waals surface area (Å²) in [5, 5.41) is 13.1. The number of carbonyl (C=O) groups excluding carboxylic acids is 1. The Morgan fingerprint density at radius 2 is 2.06 bits per heavy atom. The Kier molecular flexibility index (Phi) is 3.38. The highest BCUT2D eigenvalue weighted by Gasteiger charge is 2.30. The van der Waals surface area contributed by atoms with Crippen molar-refractivity contribution >= 4 is 39.3 Å². The Hall–Kier alpha value is -0.520. The van der Waals surface area contributed by atoms with Gasteiger partial charge in [-0.25, -0.2) is 0 Å². The van der Waals surface area contributed by atoms with Crippen LogP contribution in [0.4, 0.5) is 5.69 Å². The number of hydrogen-bond acceptors (Lipinski definition) is 3. The standard InChI is InChI=1S/C13H14BrNO2S/c14-9-5-8-10(15-13(17)12(8)16)6-11(9)18-7-3-1-2-4-7/h5-7,12,16H,1-4H2,(H,15,17). The molecule has 1 amide bonds. The molecule has 0 aromatic heterocycles. The molecule has 0 bridgehead atoms. The average molecular weight is 328 g/mol. The fraction of sp³-hybridized carbons (Fsp3) is 0.462. The van der Waals surface area contributed by atoms with Crippen molar-refractivity contribution in [3.05, 3.63) is 22.2 Å². The first kappa shape index (κ1) is 12.5. The fourth-order valence-electron chi connectivity index (χ4n) is 2.52. The van der Waals surface area contributed by atoms with Crippen LogP contribution in [0.2, 0.25) is 0 Å². The summed E-state index contributed by atoms with van der Waals surface area (Å²) in [6.07, 6.45) is 4.14. The summed E-state index contributed by atoms with van der Waals surface area (Å²) in [6, 6.07) is 3.83. The van der Waals surface area contributed by atoms with Crippen molar-refractivity contribution in [3.8, 4) is 0 Å². The zero-order valence-electron chi connectivity index (χ0n) is 9.78. The molecule has 1 aliphatic carbocycles. The zero-order valence-corrected chi connectivity index (χ0v) is 12.2. The minimum absolute atomic E-state index is 0.333. The van der Waals surface area contributed by atoms with E-state index in [4.69, 9.17) is 0 Å². The van der Waals surface area contributed by atoms with Crippen molar-refractivity contribution in [1.82, 2.24) is 0 Å². The second kappa shape index (κ2) is 4.87. The van der Waals surface area contributed by atoms with E-state index in [0.29, 0.717) is 10.8 Å². The minimum Gasteiger partial charge on any atom is -0.378 e. The van der Waals surface area contributed by atoms with Crippen LogP contribution in [0.15, 0.2) is 21.5 Å². The third-order valence-electron chi connectivity index (χ3n) is 3.50. The molecule has 18 heavy (non-hydrogen) atoms. The van der Waals surface area contributed by atoms with Gasteiger partial charge in [-0.05, 0) is 40.9 Å². The number of thioether (sulfide) groups is 1. The van der Waals surface area contributed by atoms with E-state index in [0.717, 1.165) is 15.1 Å². The molecule has 1 aromatic carbocycles. The molecule has 1 saturated carbocycles. The van der Waals surface area contributed by atoms with Gasteiger partial charge in [0.05, 0.1) is 0 Å². The second-order valence-corrected chi connectivity index (χ2v) is 6.98. The molecular formula is C13H14BrNO2S. The molecule has 1 aliphatic heterocycles. The number of nitrogens with one attached hydrogen (secondary N) is 1. The van der Waals surface area contributed by atoms with Gasteiger partial charge in [0, 0.05) is 25.9 Å². The number of aliphatic hydroxyl groups is 1. The van der Waals surface area contributed by atoms with Crippen molar-refractivity contribution in [2.75, 3.05) is 5.32 Å². The Labute approximate surface area is 118 Å². The molecule has 5 heteroatoms. The van der Waals surface area contributed by atoms with Crippen molar-refractivity contribution in [2.24, 2.45) is 0 Å². The number of aliphatic hydroxyl groups excluding tert-OH is 1. The van der Waals surface area contributed by atoms with Gasteiger partial charge in [0.2, 0.25) is 0 Å². The quantitative estimate of drug-likeness (QED) is 0.874. The number of halogens is 1. The first-order valence-corrected chi connectivity index (χ1v) is 7.81. The lowest BCUT2D eigenvalue weighted by molar-refractivity contribution is -0.123. The molecule has 1 unspecified atom stereocenters. The topological polar surface area (TPSA) is 49.3 Å². The summed E-state index contributed by atoms with van der Waals surface area (Å²) in [5.41, 5.74) is 1.42. The van der Waals surface area contributed by atoms with Crippen LogP contribution in [0.25, 0.3) is 0 Å². The van der Waals surface area contributed by atoms with Crippen LogP contribution in [0.3, 0.4) is 0 Å². The van der Waals surface area contributed by atoms with Gasteiger partial charge in [-0.15, -0.1) is 11.8 Å². The lowest BCUT2D eigenvalue weighted by Crippen LogP contribution is -2.10. The highest BCUT2D eigenvalue weighted by molar-refractivity contribution is 9.10. The number of fused-ring (bicyclic) bond motifs is 1. The zero-order chi connectivity index (χ0) is 12.7. The number of hydrogen-bond donors (Lipinski definition) is 2. The summed E-state index contributed by atoms with van der Waals surface area (Å²) in [6.45, 7) is 0. The third kappa shape index (κ3) is 2.19. The summed E-state index contributed by atoms with van der Waals surface area (Å²) in [4.78, 5) is 12.6. The van der Waals surface area contributed by atoms with Crippen LogP contribution >= 0.6 is 27.7 Å². The molecule has 3 rings (SSSR count). The van der Waals surface area contributed by atoms with Crippen molar-refractivity contribution in [2.45, 2.75) is 41.9 Å². The summed E-state index contributed by atoms with van der Waals surface area (Å²) >= 11 is 5.40. The van der Waals surface area contributed by atoms with Crippen LogP contribution in [0, 0.1) is 0 Å². The van der Waals surface area contributed by atoms with Gasteiger partial charge in [-0.3, -0.25) is 4.79 Å². The van der Waals surface area contributed by atoms with Crippen molar-refractivity contribution in [3.63, 3.8) is 0 Å². The van der Waals surface area contributed by atoms with E-state index < -0.39 is 6.10 Å². The minimum atomic E-state index is -1.03. The normalized spacial score (nSPS) is 23.2. The number of rotatable bonds is 2. The molecule has 1 heterocycles. The smallest absolute Gasteiger partial charge is 0.257 e. The van der Waals surface area contributed by atoms with Crippen LogP contribution in [-0.2, 0) is 4.79 Å². The van der Waals surface area contributed by atoms with Gasteiger partial charge in [-0.1, -0.05) is 12.8 Å². The van der Waals surface area contributed by atoms with Gasteiger partial charge < -0.3 is 10.4 Å². The Morgan fingerprint density at radius 1 is 1.33 bits per heavy atom. The second-order valence-electron chi connectivity index (χ2n) is 4.79. The number of amides is 1. The maximum absolute atomic E-state index is 11.4. The monoisotopic (exact) mass is 327 g/mol. The molecule has 96 valence electrons. The lowest BCUT2D eigenvalue weighted by Gasteiger charge is -2.12. The van der Waals surface area contributed by atoms with Gasteiger partial charge in [0.25, 0.3) is 5.91 Å². The van der Waals surface area contributed by atoms with E-state index in [1.54, 1.807) is 0 Å². The van der Waals surface area contributed by atoms with Gasteiger partial charge in [-0.2, -0.15) is 0 Å². The predicted molar refractivity (Wildman–Crippen MR) is 75.8 cm³/mol. The largest absolute Gasteiger partial charge is 0.378 e. The maximum atomic E-state index is 11.4. The summed E-state index contributed by atoms with van der Waals surface area (Å²) < 4.78 is 0.966. The van der Waals surface area contributed by atoms with Crippen LogP contribution < -0.4 is 5.32 Å². The van der Waals surface area contributed by atoms with Gasteiger partial charge >= 0.3 is 0 Å². The molecule has 2 N–H and O–H groups in total. The van der Waals surface area contributed by atoms with E-state index in [2.05, 4.69) is 21.2 Å². The Morgan fingerprint density at radius 3 is 2.78 bits per heavy atom. The van der Waals surface area contributed by atoms with Crippen molar-refractivity contribution < 1.29 is 9.90 Å². The molecule has 1 atom stereocenters. The van der Waals surface area contributed by atoms with Crippen LogP contribution in [0.1, 0.15) is 37.4 Å². The fourth-order valence-corrected chi connectivity index (χ4v) is 4.45. The maximum Gasteiger partial charge on any atom is 0.257 e. The number of anilines is 1. The SMILES string of the molecule is O=C1Nc2cc(SC3CCCC3)c(Br)cc2C1O. The average Bonchev–Trinajstić information content (AvgIpc) is 2.92. The first-order chi connectivity index (χ1) is 8.65. The molecule has 1 fully saturated rings. The van der Waals surface area contributed by atoms with E-state index >= 15 is 0 Å². The summed E-state index contributed by atoms with van der Waals surface area (Å²) in [5.74, 6) is -0.333.